The lowest BCUT2D eigenvalue weighted by Gasteiger charge is -2.20. The van der Waals surface area contributed by atoms with Gasteiger partial charge in [0.1, 0.15) is 11.4 Å². The van der Waals surface area contributed by atoms with Crippen LogP contribution in [-0.4, -0.2) is 11.6 Å². The molecule has 0 spiro atoms. The van der Waals surface area contributed by atoms with E-state index >= 15 is 0 Å². The Bertz CT molecular complexity index is 502. The highest BCUT2D eigenvalue weighted by Crippen LogP contribution is 2.43. The smallest absolute Gasteiger partial charge is 0.341 e. The summed E-state index contributed by atoms with van der Waals surface area (Å²) in [6.45, 7) is 5.33. The van der Waals surface area contributed by atoms with Crippen molar-refractivity contribution in [3.05, 3.63) is 34.6 Å². The van der Waals surface area contributed by atoms with Gasteiger partial charge in [-0.2, -0.15) is 0 Å². The standard InChI is InChI=1S/C15H18BrFO2/c1-15(2,3)19-14(18)12-7-11(9-4-5-9)10(8-16)6-13(12)17/h6-7,9H,4-5,8H2,1-3H3. The number of carbonyl (C=O) groups excluding carboxylic acids is 1. The van der Waals surface area contributed by atoms with Crippen molar-refractivity contribution in [1.29, 1.82) is 0 Å². The minimum atomic E-state index is -0.614. The number of alkyl halides is 1. The topological polar surface area (TPSA) is 26.3 Å². The van der Waals surface area contributed by atoms with Gasteiger partial charge in [-0.1, -0.05) is 15.9 Å². The molecule has 1 saturated carbocycles. The summed E-state index contributed by atoms with van der Waals surface area (Å²) in [7, 11) is 0. The average molecular weight is 329 g/mol. The van der Waals surface area contributed by atoms with Crippen LogP contribution in [0.5, 0.6) is 0 Å². The van der Waals surface area contributed by atoms with Crippen LogP contribution in [0.1, 0.15) is 61.0 Å². The highest BCUT2D eigenvalue weighted by molar-refractivity contribution is 9.08. The van der Waals surface area contributed by atoms with Crippen molar-refractivity contribution in [2.45, 2.75) is 50.5 Å². The van der Waals surface area contributed by atoms with Crippen LogP contribution in [0.2, 0.25) is 0 Å². The summed E-state index contributed by atoms with van der Waals surface area (Å²) < 4.78 is 19.2. The molecule has 0 radical (unpaired) electrons. The summed E-state index contributed by atoms with van der Waals surface area (Å²) >= 11 is 3.37. The zero-order valence-corrected chi connectivity index (χ0v) is 13.0. The summed E-state index contributed by atoms with van der Waals surface area (Å²) in [4.78, 5) is 12.0. The molecule has 1 aromatic carbocycles. The largest absolute Gasteiger partial charge is 0.456 e. The van der Waals surface area contributed by atoms with Crippen molar-refractivity contribution in [2.75, 3.05) is 0 Å². The molecular weight excluding hydrogens is 311 g/mol. The fraction of sp³-hybridized carbons (Fsp3) is 0.533. The molecule has 1 fully saturated rings. The fourth-order valence-corrected chi connectivity index (χ4v) is 2.50. The Balaban J connectivity index is 2.35. The third kappa shape index (κ3) is 3.56. The van der Waals surface area contributed by atoms with E-state index in [4.69, 9.17) is 4.74 Å². The monoisotopic (exact) mass is 328 g/mol. The van der Waals surface area contributed by atoms with E-state index in [0.29, 0.717) is 11.2 Å². The Labute approximate surface area is 121 Å². The molecule has 0 heterocycles. The molecule has 2 nitrogen and oxygen atoms in total. The van der Waals surface area contributed by atoms with Gasteiger partial charge in [-0.05, 0) is 62.8 Å². The van der Waals surface area contributed by atoms with Crippen LogP contribution in [0.15, 0.2) is 12.1 Å². The number of halogens is 2. The SMILES string of the molecule is CC(C)(C)OC(=O)c1cc(C2CC2)c(CBr)cc1F. The second kappa shape index (κ2) is 5.23. The number of ether oxygens (including phenoxy) is 1. The van der Waals surface area contributed by atoms with Crippen LogP contribution in [-0.2, 0) is 10.1 Å². The van der Waals surface area contributed by atoms with E-state index in [1.54, 1.807) is 26.8 Å². The number of rotatable bonds is 3. The Morgan fingerprint density at radius 1 is 1.42 bits per heavy atom. The molecule has 0 bridgehead atoms. The van der Waals surface area contributed by atoms with Crippen molar-refractivity contribution in [1.82, 2.24) is 0 Å². The van der Waals surface area contributed by atoms with E-state index in [2.05, 4.69) is 15.9 Å². The summed E-state index contributed by atoms with van der Waals surface area (Å²) in [5.41, 5.74) is 1.42. The normalized spacial score (nSPS) is 15.4. The van der Waals surface area contributed by atoms with Crippen LogP contribution in [0.25, 0.3) is 0 Å². The molecule has 1 aliphatic rings. The zero-order valence-electron chi connectivity index (χ0n) is 11.4. The van der Waals surface area contributed by atoms with Crippen LogP contribution in [0.3, 0.4) is 0 Å². The molecule has 1 aromatic rings. The molecule has 19 heavy (non-hydrogen) atoms. The molecule has 1 aliphatic carbocycles. The predicted molar refractivity (Wildman–Crippen MR) is 76.2 cm³/mol. The molecule has 0 N–H and O–H groups in total. The first-order chi connectivity index (χ1) is 8.81. The zero-order chi connectivity index (χ0) is 14.2. The maximum atomic E-state index is 14.0. The number of hydrogen-bond donors (Lipinski definition) is 0. The third-order valence-electron chi connectivity index (χ3n) is 3.01. The minimum absolute atomic E-state index is 0.0431. The van der Waals surface area contributed by atoms with Crippen LogP contribution in [0, 0.1) is 5.82 Å². The number of benzene rings is 1. The maximum absolute atomic E-state index is 14.0. The quantitative estimate of drug-likeness (QED) is 0.600. The van der Waals surface area contributed by atoms with Gasteiger partial charge in [-0.15, -0.1) is 0 Å². The highest BCUT2D eigenvalue weighted by Gasteiger charge is 2.29. The number of carbonyl (C=O) groups is 1. The van der Waals surface area contributed by atoms with Crippen LogP contribution < -0.4 is 0 Å². The van der Waals surface area contributed by atoms with Crippen LogP contribution >= 0.6 is 15.9 Å². The molecular formula is C15H18BrFO2. The molecule has 0 amide bonds. The van der Waals surface area contributed by atoms with E-state index in [1.165, 1.54) is 6.07 Å². The second-order valence-electron chi connectivity index (χ2n) is 5.94. The Hall–Kier alpha value is -0.900. The predicted octanol–water partition coefficient (Wildman–Crippen LogP) is 4.55. The lowest BCUT2D eigenvalue weighted by Crippen LogP contribution is -2.24. The van der Waals surface area contributed by atoms with E-state index in [-0.39, 0.29) is 5.56 Å². The maximum Gasteiger partial charge on any atom is 0.341 e. The Kier molecular flexibility index (Phi) is 4.00. The van der Waals surface area contributed by atoms with Gasteiger partial charge >= 0.3 is 5.97 Å². The van der Waals surface area contributed by atoms with Crippen molar-refractivity contribution < 1.29 is 13.9 Å². The van der Waals surface area contributed by atoms with Gasteiger partial charge in [-0.25, -0.2) is 9.18 Å². The molecule has 0 saturated heterocycles. The summed E-state index contributed by atoms with van der Waals surface area (Å²) in [6.07, 6.45) is 2.22. The first-order valence-corrected chi connectivity index (χ1v) is 7.55. The number of hydrogen-bond acceptors (Lipinski definition) is 2. The Morgan fingerprint density at radius 3 is 2.53 bits per heavy atom. The first-order valence-electron chi connectivity index (χ1n) is 6.43. The summed E-state index contributed by atoms with van der Waals surface area (Å²) in [5.74, 6) is -0.629. The average Bonchev–Trinajstić information content (AvgIpc) is 3.09. The van der Waals surface area contributed by atoms with Crippen molar-refractivity contribution in [2.24, 2.45) is 0 Å². The van der Waals surface area contributed by atoms with E-state index in [9.17, 15) is 9.18 Å². The second-order valence-corrected chi connectivity index (χ2v) is 6.50. The van der Waals surface area contributed by atoms with Gasteiger partial charge in [0.05, 0.1) is 5.56 Å². The van der Waals surface area contributed by atoms with Gasteiger partial charge in [0.15, 0.2) is 0 Å². The van der Waals surface area contributed by atoms with Gasteiger partial charge < -0.3 is 4.74 Å². The highest BCUT2D eigenvalue weighted by atomic mass is 79.9. The van der Waals surface area contributed by atoms with Crippen molar-refractivity contribution in [3.8, 4) is 0 Å². The minimum Gasteiger partial charge on any atom is -0.456 e. The van der Waals surface area contributed by atoms with Crippen LogP contribution in [0.4, 0.5) is 4.39 Å². The van der Waals surface area contributed by atoms with Crippen molar-refractivity contribution >= 4 is 21.9 Å². The van der Waals surface area contributed by atoms with Gasteiger partial charge in [0.2, 0.25) is 0 Å². The van der Waals surface area contributed by atoms with Crippen molar-refractivity contribution in [3.63, 3.8) is 0 Å². The lowest BCUT2D eigenvalue weighted by molar-refractivity contribution is 0.00646. The fourth-order valence-electron chi connectivity index (χ4n) is 2.01. The Morgan fingerprint density at radius 2 is 2.05 bits per heavy atom. The molecule has 0 aromatic heterocycles. The van der Waals surface area contributed by atoms with E-state index in [0.717, 1.165) is 24.0 Å². The summed E-state index contributed by atoms with van der Waals surface area (Å²) in [5, 5.41) is 0.602. The molecule has 4 heteroatoms. The molecule has 0 atom stereocenters. The first kappa shape index (κ1) is 14.5. The van der Waals surface area contributed by atoms with E-state index in [1.807, 2.05) is 0 Å². The molecule has 104 valence electrons. The molecule has 2 rings (SSSR count). The van der Waals surface area contributed by atoms with Gasteiger partial charge in [-0.3, -0.25) is 0 Å². The third-order valence-corrected chi connectivity index (χ3v) is 3.61. The van der Waals surface area contributed by atoms with Gasteiger partial charge in [0.25, 0.3) is 0 Å². The lowest BCUT2D eigenvalue weighted by atomic mass is 10.0. The molecule has 0 aliphatic heterocycles. The van der Waals surface area contributed by atoms with Gasteiger partial charge in [0, 0.05) is 5.33 Å². The number of esters is 1. The summed E-state index contributed by atoms with van der Waals surface area (Å²) in [6, 6.07) is 3.11. The van der Waals surface area contributed by atoms with E-state index < -0.39 is 17.4 Å². The molecule has 0 unspecified atom stereocenters.